The van der Waals surface area contributed by atoms with Crippen LogP contribution in [-0.4, -0.2) is 164 Å². The van der Waals surface area contributed by atoms with Crippen LogP contribution in [0.4, 0.5) is 26.2 Å². The number of halogens is 2. The third kappa shape index (κ3) is 20.1. The van der Waals surface area contributed by atoms with E-state index >= 15 is 0 Å². The van der Waals surface area contributed by atoms with Crippen molar-refractivity contribution in [2.45, 2.75) is 193 Å². The summed E-state index contributed by atoms with van der Waals surface area (Å²) in [6.45, 7) is 36.9. The highest BCUT2D eigenvalue weighted by Gasteiger charge is 2.57. The smallest absolute Gasteiger partial charge is 0.312 e. The van der Waals surface area contributed by atoms with Gasteiger partial charge in [-0.2, -0.15) is 28.7 Å². The Morgan fingerprint density at radius 1 is 0.586 bits per heavy atom. The number of nitrogens with zero attached hydrogens (tertiary/aromatic N) is 12. The summed E-state index contributed by atoms with van der Waals surface area (Å²) in [6, 6.07) is 41.6. The number of anilines is 3. The average Bonchev–Trinajstić information content (AvgIpc) is 1.00. The largest absolute Gasteiger partial charge is 0.535 e. The van der Waals surface area contributed by atoms with Crippen molar-refractivity contribution in [3.8, 4) is 37.0 Å². The van der Waals surface area contributed by atoms with E-state index in [2.05, 4.69) is 233 Å². The minimum absolute atomic E-state index is 0.0138. The molecule has 0 radical (unpaired) electrons. The highest BCUT2D eigenvalue weighted by Crippen LogP contribution is 2.46. The molecule has 8 N–H and O–H groups in total. The molecule has 0 spiro atoms. The van der Waals surface area contributed by atoms with Crippen LogP contribution in [0.2, 0.25) is 49.4 Å². The second kappa shape index (κ2) is 36.3. The summed E-state index contributed by atoms with van der Waals surface area (Å²) in [5.41, 5.74) is 15.9. The number of aromatic nitrogens is 12. The molecule has 33 heteroatoms. The number of hydrogen-bond donors (Lipinski definition) is 5. The second-order valence-corrected chi connectivity index (χ2v) is 50.4. The lowest BCUT2D eigenvalue weighted by molar-refractivity contribution is -0.182. The standard InChI is InChI=1S/C29H32FN5O2Si.C26H32O4Si.C15H17N5O4.C8H21NOSi2.C5H4FN5/c1-6-29(20(2)17-23(37-29)35-19-32-24-25(31)33-27(30)34-26(24)35)18-36-38(28(3,4)5,21-13-9-7-10-14-21)22-15-11-8-12-16-22;1-7-26(20(2)18-24(30-26)29-21(3)27)19-28-31(25(4,5)6,22-14-10-8-11-15-22)23-16-12-9-13-17-23;1-4-15(6-21)10(23-9(3)22)5-11(24-15)20-7-17-12-13(16)18-8(2)19-14(12)20;1-8(9-11(2,3)4)10-12(5,6)7;6-5-10-3(7)2-4(11-5)9-1-8-2/h1,7-16,19-20,23H,17-18H2,2-5H3,(H2,31,33,34);1,8-17,20,24H,18-19H2,2-6H3;1,7,10-11,21H,5-6H2,2-3H3,(H2,16,18,19);1-7H3;1H,(H3,7,8,9,10,11)/t20-,23+,29+;20-,24?,26+;10-,11+,15+;;/m000../s1. The summed E-state index contributed by atoms with van der Waals surface area (Å²) in [4.78, 5) is 60.3. The first-order valence-corrected chi connectivity index (χ1v) is 48.6. The first kappa shape index (κ1) is 89.4. The van der Waals surface area contributed by atoms with Gasteiger partial charge in [-0.15, -0.1) is 19.3 Å². The number of nitrogens with two attached hydrogens (primary N) is 3. The Bertz CT molecular complexity index is 5140. The second-order valence-electron chi connectivity index (χ2n) is 32.7. The fourth-order valence-corrected chi connectivity index (χ4v) is 25.9. The number of terminal acetylenes is 3. The molecule has 6 aromatic heterocycles. The van der Waals surface area contributed by atoms with Crippen LogP contribution in [0.3, 0.4) is 0 Å². The van der Waals surface area contributed by atoms with Gasteiger partial charge in [-0.25, -0.2) is 24.9 Å². The van der Waals surface area contributed by atoms with Crippen molar-refractivity contribution in [3.63, 3.8) is 0 Å². The van der Waals surface area contributed by atoms with Crippen molar-refractivity contribution in [3.05, 3.63) is 158 Å². The highest BCUT2D eigenvalue weighted by molar-refractivity contribution is 7.00. The first-order valence-electron chi connectivity index (χ1n) is 37.9. The van der Waals surface area contributed by atoms with Gasteiger partial charge in [0.1, 0.15) is 35.4 Å². The number of fused-ring (bicyclic) bond motifs is 3. The molecule has 0 saturated carbocycles. The maximum absolute atomic E-state index is 14.0. The fourth-order valence-electron chi connectivity index (χ4n) is 14.7. The number of carbonyl (C=O) groups excluding carboxylic acids is 2. The molecule has 9 heterocycles. The maximum Gasteiger partial charge on any atom is 0.312 e. The van der Waals surface area contributed by atoms with Crippen molar-refractivity contribution in [2.75, 3.05) is 37.0 Å². The quantitative estimate of drug-likeness (QED) is 0.0141. The lowest BCUT2D eigenvalue weighted by Gasteiger charge is -2.44. The van der Waals surface area contributed by atoms with E-state index < -0.39 is 99.6 Å². The Morgan fingerprint density at radius 2 is 1.00 bits per heavy atom. The number of hydrogen-bond acceptors (Lipinski definition) is 24. The maximum atomic E-state index is 14.0. The Hall–Kier alpha value is -10.5. The number of aromatic amines is 1. The van der Waals surface area contributed by atoms with Crippen LogP contribution >= 0.6 is 0 Å². The molecule has 0 amide bonds. The van der Waals surface area contributed by atoms with Crippen molar-refractivity contribution in [2.24, 2.45) is 16.5 Å². The Morgan fingerprint density at radius 3 is 1.43 bits per heavy atom. The van der Waals surface area contributed by atoms with Crippen LogP contribution in [-0.2, 0) is 46.6 Å². The molecule has 0 aliphatic carbocycles. The molecule has 116 heavy (non-hydrogen) atoms. The van der Waals surface area contributed by atoms with Gasteiger partial charge < -0.3 is 64.3 Å². The Balaban J connectivity index is 0.000000177. The summed E-state index contributed by atoms with van der Waals surface area (Å²) < 4.78 is 83.3. The number of aliphatic hydroxyl groups is 1. The highest BCUT2D eigenvalue weighted by atomic mass is 28.4. The van der Waals surface area contributed by atoms with E-state index in [0.29, 0.717) is 40.9 Å². The van der Waals surface area contributed by atoms with Gasteiger partial charge in [0.15, 0.2) is 70.8 Å². The van der Waals surface area contributed by atoms with Crippen molar-refractivity contribution < 1.29 is 60.4 Å². The minimum atomic E-state index is -2.84. The average molecular weight is 1650 g/mol. The molecule has 3 aliphatic heterocycles. The number of nitrogens with one attached hydrogen (secondary N) is 1. The number of aliphatic hydroxyl groups excluding tert-OH is 1. The third-order valence-electron chi connectivity index (χ3n) is 19.9. The number of rotatable bonds is 17. The van der Waals surface area contributed by atoms with Crippen LogP contribution in [0.25, 0.3) is 33.5 Å². The topological polar surface area (TPSA) is 360 Å². The van der Waals surface area contributed by atoms with E-state index in [1.165, 1.54) is 36.9 Å². The molecular weight excluding hydrogens is 1550 g/mol. The summed E-state index contributed by atoms with van der Waals surface area (Å²) in [5, 5.41) is 14.0. The van der Waals surface area contributed by atoms with Gasteiger partial charge in [-0.3, -0.25) is 23.4 Å². The number of aryl methyl sites for hydroxylation is 1. The predicted molar refractivity (Wildman–Crippen MR) is 455 cm³/mol. The number of imidazole rings is 3. The van der Waals surface area contributed by atoms with Crippen molar-refractivity contribution in [1.82, 2.24) is 59.0 Å². The fraction of sp³-hybridized carbons (Fsp3) is 0.422. The van der Waals surface area contributed by atoms with Crippen LogP contribution in [0.1, 0.15) is 114 Å². The lowest BCUT2D eigenvalue weighted by atomic mass is 9.90. The number of ether oxygens (including phenoxy) is 5. The summed E-state index contributed by atoms with van der Waals surface area (Å²) in [5.74, 6) is 8.91. The van der Waals surface area contributed by atoms with Crippen LogP contribution < -0.4 is 37.9 Å². The molecule has 10 aromatic rings. The summed E-state index contributed by atoms with van der Waals surface area (Å²) >= 11 is 0. The number of benzene rings is 4. The van der Waals surface area contributed by atoms with E-state index in [1.54, 1.807) is 22.4 Å². The third-order valence-corrected chi connectivity index (χ3v) is 31.8. The van der Waals surface area contributed by atoms with Crippen LogP contribution in [0, 0.1) is 67.9 Å². The van der Waals surface area contributed by atoms with Crippen molar-refractivity contribution in [1.29, 1.82) is 0 Å². The molecule has 1 unspecified atom stereocenters. The predicted octanol–water partition coefficient (Wildman–Crippen LogP) is 11.0. The lowest BCUT2D eigenvalue weighted by Crippen LogP contribution is -2.67. The minimum Gasteiger partial charge on any atom is -0.535 e. The molecule has 13 rings (SSSR count). The zero-order chi connectivity index (χ0) is 85.2. The normalized spacial score (nSPS) is 21.6. The zero-order valence-electron chi connectivity index (χ0n) is 69.1. The summed E-state index contributed by atoms with van der Waals surface area (Å²) in [7, 11) is -8.35. The van der Waals surface area contributed by atoms with Gasteiger partial charge in [0, 0.05) is 45.4 Å². The number of H-pyrrole nitrogens is 1. The molecule has 3 aliphatic rings. The first-order chi connectivity index (χ1) is 54.5. The van der Waals surface area contributed by atoms with E-state index in [-0.39, 0.29) is 76.3 Å². The van der Waals surface area contributed by atoms with E-state index in [0.717, 1.165) is 16.3 Å². The number of esters is 2. The Kier molecular flexibility index (Phi) is 28.0. The van der Waals surface area contributed by atoms with Gasteiger partial charge >= 0.3 is 24.1 Å². The number of nitrogen functional groups attached to an aromatic ring is 3. The Labute approximate surface area is 680 Å². The van der Waals surface area contributed by atoms with Crippen LogP contribution in [0.15, 0.2) is 145 Å². The van der Waals surface area contributed by atoms with Gasteiger partial charge in [0.25, 0.3) is 16.6 Å². The van der Waals surface area contributed by atoms with Gasteiger partial charge in [-0.05, 0) is 83.5 Å². The SMILES string of the molecule is C#C[C@]1(CO)O[C@@H](n2cnc3c(N)nc(C)nc32)C[C@@H]1OC(C)=O.C#C[C@]1(CO[Si](c2ccccc2)(c2ccccc2)C(C)(C)C)OC(OC(C)=O)C[C@@H]1C.C#C[C@]1(CO[Si](c2ccccc2)(c2ccccc2)C(C)(C)C)O[C@@H](n2cnc3c(N)nc(F)nc32)C[C@@H]1C.CC(=N[Si](C)(C)C)O[Si](C)(C)C.Nc1nc(F)nc2nc[nH]c12. The van der Waals surface area contributed by atoms with Gasteiger partial charge in [-0.1, -0.05) is 194 Å². The molecule has 9 atom stereocenters. The summed E-state index contributed by atoms with van der Waals surface area (Å²) in [6.07, 6.45) is 19.2. The molecule has 3 fully saturated rings. The zero-order valence-corrected chi connectivity index (χ0v) is 73.1. The van der Waals surface area contributed by atoms with E-state index in [9.17, 15) is 23.5 Å². The molecule has 27 nitrogen and oxygen atoms in total. The van der Waals surface area contributed by atoms with Gasteiger partial charge in [0.2, 0.25) is 14.6 Å². The van der Waals surface area contributed by atoms with Crippen LogP contribution in [0.5, 0.6) is 0 Å². The van der Waals surface area contributed by atoms with E-state index in [4.69, 9.17) is 73.4 Å². The molecule has 4 aromatic carbocycles. The van der Waals surface area contributed by atoms with Gasteiger partial charge in [0.05, 0.1) is 38.8 Å². The number of carbonyl (C=O) groups is 2. The monoisotopic (exact) mass is 1650 g/mol. The van der Waals surface area contributed by atoms with E-state index in [1.807, 2.05) is 62.4 Å². The molecular formula is C83H106F2N16O11Si4. The molecule has 614 valence electrons. The van der Waals surface area contributed by atoms with Crippen molar-refractivity contribution >= 4 is 123 Å². The molecule has 0 bridgehead atoms. The molecule has 3 saturated heterocycles.